The van der Waals surface area contributed by atoms with Crippen molar-refractivity contribution in [2.75, 3.05) is 17.7 Å². The van der Waals surface area contributed by atoms with Crippen molar-refractivity contribution in [2.45, 2.75) is 31.4 Å². The van der Waals surface area contributed by atoms with E-state index in [2.05, 4.69) is 20.8 Å². The van der Waals surface area contributed by atoms with Gasteiger partial charge >= 0.3 is 5.63 Å². The molecular weight excluding hydrogens is 446 g/mol. The minimum atomic E-state index is -0.807. The van der Waals surface area contributed by atoms with Crippen LogP contribution in [-0.4, -0.2) is 45.0 Å². The van der Waals surface area contributed by atoms with Gasteiger partial charge in [0.1, 0.15) is 0 Å². The van der Waals surface area contributed by atoms with E-state index in [1.165, 1.54) is 13.2 Å². The Labute approximate surface area is 185 Å². The first kappa shape index (κ1) is 21.3. The minimum Gasteiger partial charge on any atom is -0.488 e. The summed E-state index contributed by atoms with van der Waals surface area (Å²) in [4.78, 5) is 25.0. The van der Waals surface area contributed by atoms with Crippen LogP contribution >= 0.6 is 22.9 Å². The molecule has 1 fully saturated rings. The molecule has 0 aromatic carbocycles. The number of rotatable bonds is 6. The first-order chi connectivity index (χ1) is 14.9. The Balaban J connectivity index is 1.57. The van der Waals surface area contributed by atoms with E-state index < -0.39 is 17.6 Å². The predicted octanol–water partition coefficient (Wildman–Crippen LogP) is 2.74. The molecule has 0 radical (unpaired) electrons. The summed E-state index contributed by atoms with van der Waals surface area (Å²) in [6.07, 6.45) is 3.51. The lowest BCUT2D eigenvalue weighted by Crippen LogP contribution is -2.29. The summed E-state index contributed by atoms with van der Waals surface area (Å²) < 4.78 is 12.0. The minimum absolute atomic E-state index is 0.0628. The largest absolute Gasteiger partial charge is 0.488 e. The highest BCUT2D eigenvalue weighted by Crippen LogP contribution is 2.33. The third kappa shape index (κ3) is 4.29. The van der Waals surface area contributed by atoms with Crippen molar-refractivity contribution in [1.82, 2.24) is 14.8 Å². The second kappa shape index (κ2) is 8.69. The molecule has 1 amide bonds. The summed E-state index contributed by atoms with van der Waals surface area (Å²) in [5.74, 6) is -0.961. The van der Waals surface area contributed by atoms with Crippen LogP contribution in [0.5, 0.6) is 5.75 Å². The SMILES string of the molecule is COc1c(NC2CCC[C@H]2O)cc(C(=O)Nc2nnc(-c3c(Cl)ccn3C)s2)oc1=O. The third-order valence-electron chi connectivity index (χ3n) is 5.03. The smallest absolute Gasteiger partial charge is 0.381 e. The fourth-order valence-electron chi connectivity index (χ4n) is 3.48. The number of methoxy groups -OCH3 is 1. The van der Waals surface area contributed by atoms with E-state index in [1.54, 1.807) is 16.8 Å². The van der Waals surface area contributed by atoms with E-state index in [0.29, 0.717) is 22.1 Å². The number of nitrogens with one attached hydrogen (secondary N) is 2. The lowest BCUT2D eigenvalue weighted by molar-refractivity contribution is 0.0991. The van der Waals surface area contributed by atoms with Crippen LogP contribution in [0.1, 0.15) is 29.8 Å². The van der Waals surface area contributed by atoms with Gasteiger partial charge in [0, 0.05) is 19.3 Å². The lowest BCUT2D eigenvalue weighted by atomic mass is 10.2. The van der Waals surface area contributed by atoms with Gasteiger partial charge in [-0.1, -0.05) is 22.9 Å². The number of aromatic nitrogens is 3. The van der Waals surface area contributed by atoms with Crippen LogP contribution in [0, 0.1) is 0 Å². The summed E-state index contributed by atoms with van der Waals surface area (Å²) in [5.41, 5.74) is 0.152. The number of ether oxygens (including phenoxy) is 1. The Kier molecular flexibility index (Phi) is 5.99. The van der Waals surface area contributed by atoms with Gasteiger partial charge in [-0.05, 0) is 25.3 Å². The fraction of sp³-hybridized carbons (Fsp3) is 0.368. The molecule has 1 aliphatic carbocycles. The maximum Gasteiger partial charge on any atom is 0.381 e. The highest BCUT2D eigenvalue weighted by Gasteiger charge is 2.27. The molecule has 12 heteroatoms. The Morgan fingerprint density at radius 1 is 1.42 bits per heavy atom. The third-order valence-corrected chi connectivity index (χ3v) is 6.18. The molecule has 4 rings (SSSR count). The molecule has 3 heterocycles. The molecule has 2 atom stereocenters. The van der Waals surface area contributed by atoms with Gasteiger partial charge in [0.05, 0.1) is 35.7 Å². The Bertz CT molecular complexity index is 1150. The Morgan fingerprint density at radius 2 is 2.23 bits per heavy atom. The number of carbonyl (C=O) groups excluding carboxylic acids is 1. The van der Waals surface area contributed by atoms with Crippen LogP contribution in [0.2, 0.25) is 5.02 Å². The molecule has 1 aliphatic rings. The summed E-state index contributed by atoms with van der Waals surface area (Å²) in [5, 5.41) is 25.0. The van der Waals surface area contributed by atoms with Gasteiger partial charge in [-0.15, -0.1) is 10.2 Å². The molecule has 164 valence electrons. The molecule has 0 saturated heterocycles. The average Bonchev–Trinajstić information content (AvgIpc) is 3.43. The number of halogens is 1. The van der Waals surface area contributed by atoms with E-state index in [4.69, 9.17) is 20.8 Å². The van der Waals surface area contributed by atoms with Crippen LogP contribution < -0.4 is 21.0 Å². The zero-order valence-electron chi connectivity index (χ0n) is 16.7. The molecule has 0 bridgehead atoms. The molecule has 1 unspecified atom stereocenters. The van der Waals surface area contributed by atoms with Crippen LogP contribution in [0.3, 0.4) is 0 Å². The Hall–Kier alpha value is -2.89. The second-order valence-electron chi connectivity index (χ2n) is 7.08. The van der Waals surface area contributed by atoms with E-state index >= 15 is 0 Å². The quantitative estimate of drug-likeness (QED) is 0.506. The second-order valence-corrected chi connectivity index (χ2v) is 8.47. The van der Waals surface area contributed by atoms with Crippen LogP contribution in [0.4, 0.5) is 10.8 Å². The first-order valence-electron chi connectivity index (χ1n) is 9.50. The number of aliphatic hydroxyl groups excluding tert-OH is 1. The van der Waals surface area contributed by atoms with E-state index in [9.17, 15) is 14.7 Å². The van der Waals surface area contributed by atoms with Crippen molar-refractivity contribution >= 4 is 39.7 Å². The molecular formula is C19H20ClN5O5S. The van der Waals surface area contributed by atoms with Crippen LogP contribution in [0.25, 0.3) is 10.7 Å². The van der Waals surface area contributed by atoms with Gasteiger partial charge in [-0.2, -0.15) is 0 Å². The van der Waals surface area contributed by atoms with Gasteiger partial charge in [-0.25, -0.2) is 4.79 Å². The van der Waals surface area contributed by atoms with E-state index in [-0.39, 0.29) is 28.4 Å². The monoisotopic (exact) mass is 465 g/mol. The van der Waals surface area contributed by atoms with Gasteiger partial charge in [-0.3, -0.25) is 10.1 Å². The molecule has 31 heavy (non-hydrogen) atoms. The summed E-state index contributed by atoms with van der Waals surface area (Å²) in [7, 11) is 3.16. The summed E-state index contributed by atoms with van der Waals surface area (Å²) >= 11 is 7.31. The Morgan fingerprint density at radius 3 is 2.87 bits per heavy atom. The van der Waals surface area contributed by atoms with Crippen molar-refractivity contribution < 1.29 is 19.1 Å². The van der Waals surface area contributed by atoms with E-state index in [1.807, 2.05) is 7.05 Å². The average molecular weight is 466 g/mol. The molecule has 3 N–H and O–H groups in total. The predicted molar refractivity (Wildman–Crippen MR) is 116 cm³/mol. The molecule has 10 nitrogen and oxygen atoms in total. The molecule has 3 aromatic heterocycles. The van der Waals surface area contributed by atoms with Crippen molar-refractivity contribution in [2.24, 2.45) is 7.05 Å². The standard InChI is InChI=1S/C19H20ClN5O5S/c1-25-7-6-9(20)14(25)17-23-24-19(31-17)22-16(27)13-8-11(15(29-2)18(28)30-13)21-10-4-3-5-12(10)26/h6-8,10,12,21,26H,3-5H2,1-2H3,(H,22,24,27)/t10?,12-/m1/s1. The van der Waals surface area contributed by atoms with Gasteiger partial charge in [0.15, 0.2) is 10.8 Å². The number of hydrogen-bond acceptors (Lipinski definition) is 9. The fourth-order valence-corrected chi connectivity index (χ4v) is 4.66. The van der Waals surface area contributed by atoms with Crippen molar-refractivity contribution in [1.29, 1.82) is 0 Å². The number of hydrogen-bond donors (Lipinski definition) is 3. The number of amides is 1. The molecule has 3 aromatic rings. The number of anilines is 2. The highest BCUT2D eigenvalue weighted by molar-refractivity contribution is 7.18. The lowest BCUT2D eigenvalue weighted by Gasteiger charge is -2.19. The van der Waals surface area contributed by atoms with E-state index in [0.717, 1.165) is 24.2 Å². The number of carbonyl (C=O) groups is 1. The first-order valence-corrected chi connectivity index (χ1v) is 10.7. The summed E-state index contributed by atoms with van der Waals surface area (Å²) in [6, 6.07) is 2.86. The van der Waals surface area contributed by atoms with Gasteiger partial charge in [0.25, 0.3) is 5.91 Å². The molecule has 0 spiro atoms. The van der Waals surface area contributed by atoms with Crippen molar-refractivity contribution in [3.05, 3.63) is 39.5 Å². The maximum atomic E-state index is 12.7. The van der Waals surface area contributed by atoms with Gasteiger partial charge < -0.3 is 24.1 Å². The highest BCUT2D eigenvalue weighted by atomic mass is 35.5. The van der Waals surface area contributed by atoms with Gasteiger partial charge in [0.2, 0.25) is 10.9 Å². The maximum absolute atomic E-state index is 12.7. The molecule has 0 aliphatic heterocycles. The van der Waals surface area contributed by atoms with Crippen LogP contribution in [-0.2, 0) is 7.05 Å². The van der Waals surface area contributed by atoms with Crippen LogP contribution in [0.15, 0.2) is 27.5 Å². The topological polar surface area (TPSA) is 132 Å². The molecule has 1 saturated carbocycles. The zero-order valence-corrected chi connectivity index (χ0v) is 18.3. The summed E-state index contributed by atoms with van der Waals surface area (Å²) in [6.45, 7) is 0. The normalized spacial score (nSPS) is 18.2. The number of aryl methyl sites for hydroxylation is 1. The number of nitrogens with zero attached hydrogens (tertiary/aromatic N) is 3. The zero-order chi connectivity index (χ0) is 22.1. The number of aliphatic hydroxyl groups is 1. The van der Waals surface area contributed by atoms with Crippen molar-refractivity contribution in [3.63, 3.8) is 0 Å². The van der Waals surface area contributed by atoms with Crippen molar-refractivity contribution in [3.8, 4) is 16.5 Å².